The molecule has 0 saturated carbocycles. The van der Waals surface area contributed by atoms with Crippen LogP contribution in [0.5, 0.6) is 0 Å². The van der Waals surface area contributed by atoms with E-state index in [2.05, 4.69) is 41.3 Å². The first-order valence-electron chi connectivity index (χ1n) is 5.63. The molecule has 6 heteroatoms. The molecular weight excluding hydrogens is 252 g/mol. The topological polar surface area (TPSA) is 50.7 Å². The molecule has 0 aliphatic carbocycles. The third kappa shape index (κ3) is 3.47. The zero-order valence-corrected chi connectivity index (χ0v) is 11.8. The second-order valence-electron chi connectivity index (χ2n) is 4.34. The summed E-state index contributed by atoms with van der Waals surface area (Å²) in [6.45, 7) is 6.46. The summed E-state index contributed by atoms with van der Waals surface area (Å²) in [5, 5.41) is 16.7. The lowest BCUT2D eigenvalue weighted by atomic mass is 10.1. The fourth-order valence-electron chi connectivity index (χ4n) is 1.44. The summed E-state index contributed by atoms with van der Waals surface area (Å²) >= 11 is 3.28. The van der Waals surface area contributed by atoms with Gasteiger partial charge in [-0.3, -0.25) is 0 Å². The van der Waals surface area contributed by atoms with Crippen molar-refractivity contribution in [1.82, 2.24) is 15.2 Å². The first kappa shape index (κ1) is 12.4. The number of rotatable bonds is 5. The fraction of sp³-hybridized carbons (Fsp3) is 0.545. The Morgan fingerprint density at radius 3 is 2.76 bits per heavy atom. The summed E-state index contributed by atoms with van der Waals surface area (Å²) in [6, 6.07) is 0.190. The van der Waals surface area contributed by atoms with Crippen molar-refractivity contribution >= 4 is 27.8 Å². The molecule has 0 saturated heterocycles. The van der Waals surface area contributed by atoms with Crippen molar-refractivity contribution < 1.29 is 0 Å². The summed E-state index contributed by atoms with van der Waals surface area (Å²) in [7, 11) is 0. The molecule has 0 aromatic carbocycles. The predicted octanol–water partition coefficient (Wildman–Crippen LogP) is 3.37. The summed E-state index contributed by atoms with van der Waals surface area (Å²) < 4.78 is 0. The Hall–Kier alpha value is -1.01. The molecule has 4 nitrogen and oxygen atoms in total. The van der Waals surface area contributed by atoms with Crippen molar-refractivity contribution in [3.8, 4) is 0 Å². The highest BCUT2D eigenvalue weighted by molar-refractivity contribution is 7.15. The average molecular weight is 268 g/mol. The Morgan fingerprint density at radius 2 is 2.12 bits per heavy atom. The molecule has 0 aliphatic rings. The molecule has 2 aromatic heterocycles. The van der Waals surface area contributed by atoms with Gasteiger partial charge in [-0.2, -0.15) is 0 Å². The molecule has 1 atom stereocenters. The molecule has 0 fully saturated rings. The zero-order chi connectivity index (χ0) is 12.3. The molecule has 92 valence electrons. The van der Waals surface area contributed by atoms with E-state index < -0.39 is 0 Å². The van der Waals surface area contributed by atoms with Gasteiger partial charge in [0.1, 0.15) is 10.0 Å². The fourth-order valence-corrected chi connectivity index (χ4v) is 3.12. The normalized spacial score (nSPS) is 12.9. The number of aromatic nitrogens is 3. The number of thiazole rings is 1. The van der Waals surface area contributed by atoms with Crippen LogP contribution in [0.2, 0.25) is 0 Å². The molecule has 1 unspecified atom stereocenters. The number of nitrogens with one attached hydrogen (secondary N) is 1. The van der Waals surface area contributed by atoms with Crippen molar-refractivity contribution in [1.29, 1.82) is 0 Å². The van der Waals surface area contributed by atoms with Crippen molar-refractivity contribution in [2.75, 3.05) is 5.32 Å². The molecule has 0 spiro atoms. The minimum Gasteiger partial charge on any atom is -0.351 e. The van der Waals surface area contributed by atoms with Crippen LogP contribution in [0.1, 0.15) is 36.8 Å². The summed E-state index contributed by atoms with van der Waals surface area (Å²) in [6.07, 6.45) is 2.81. The van der Waals surface area contributed by atoms with E-state index in [0.29, 0.717) is 5.92 Å². The van der Waals surface area contributed by atoms with Crippen molar-refractivity contribution in [2.45, 2.75) is 33.2 Å². The lowest BCUT2D eigenvalue weighted by molar-refractivity contribution is 0.640. The van der Waals surface area contributed by atoms with Gasteiger partial charge in [-0.15, -0.1) is 21.5 Å². The van der Waals surface area contributed by atoms with Gasteiger partial charge in [0.15, 0.2) is 0 Å². The van der Waals surface area contributed by atoms with Crippen molar-refractivity contribution in [2.24, 2.45) is 5.92 Å². The lowest BCUT2D eigenvalue weighted by Gasteiger charge is -2.08. The van der Waals surface area contributed by atoms with Crippen LogP contribution in [-0.4, -0.2) is 15.2 Å². The van der Waals surface area contributed by atoms with E-state index in [4.69, 9.17) is 0 Å². The van der Waals surface area contributed by atoms with Crippen LogP contribution in [0, 0.1) is 5.92 Å². The van der Waals surface area contributed by atoms with Gasteiger partial charge in [0.05, 0.1) is 6.04 Å². The van der Waals surface area contributed by atoms with E-state index in [0.717, 1.165) is 21.6 Å². The van der Waals surface area contributed by atoms with Crippen LogP contribution >= 0.6 is 22.7 Å². The Kier molecular flexibility index (Phi) is 4.06. The summed E-state index contributed by atoms with van der Waals surface area (Å²) in [5.74, 6) is 0.618. The monoisotopic (exact) mass is 268 g/mol. The predicted molar refractivity (Wildman–Crippen MR) is 72.6 cm³/mol. The molecular formula is C11H16N4S2. The Balaban J connectivity index is 1.97. The highest BCUT2D eigenvalue weighted by Crippen LogP contribution is 2.24. The molecule has 2 aromatic rings. The minimum atomic E-state index is 0.190. The first-order chi connectivity index (χ1) is 8.15. The molecule has 2 rings (SSSR count). The van der Waals surface area contributed by atoms with E-state index in [1.165, 1.54) is 0 Å². The third-order valence-corrected chi connectivity index (χ3v) is 4.05. The number of hydrogen-bond acceptors (Lipinski definition) is 6. The Labute approximate surface area is 109 Å². The average Bonchev–Trinajstić information content (AvgIpc) is 2.87. The van der Waals surface area contributed by atoms with Gasteiger partial charge in [0, 0.05) is 18.0 Å². The maximum atomic E-state index is 4.28. The van der Waals surface area contributed by atoms with E-state index in [1.54, 1.807) is 22.7 Å². The highest BCUT2D eigenvalue weighted by Gasteiger charge is 2.11. The van der Waals surface area contributed by atoms with Crippen LogP contribution in [-0.2, 0) is 6.42 Å². The van der Waals surface area contributed by atoms with Gasteiger partial charge in [0.2, 0.25) is 5.13 Å². The van der Waals surface area contributed by atoms with Crippen LogP contribution in [0.3, 0.4) is 0 Å². The standard InChI is InChI=1S/C11H16N4S2/c1-7(2)6-9-14-15-11(17-9)13-8(3)10-12-4-5-16-10/h4-5,7-8H,6H2,1-3H3,(H,13,15). The van der Waals surface area contributed by atoms with Crippen molar-refractivity contribution in [3.05, 3.63) is 21.6 Å². The van der Waals surface area contributed by atoms with E-state index in [1.807, 2.05) is 11.6 Å². The van der Waals surface area contributed by atoms with Gasteiger partial charge in [-0.05, 0) is 12.8 Å². The quantitative estimate of drug-likeness (QED) is 0.903. The molecule has 0 aliphatic heterocycles. The molecule has 17 heavy (non-hydrogen) atoms. The van der Waals surface area contributed by atoms with E-state index >= 15 is 0 Å². The SMILES string of the molecule is CC(C)Cc1nnc(NC(C)c2nccs2)s1. The second-order valence-corrected chi connectivity index (χ2v) is 6.32. The summed E-state index contributed by atoms with van der Waals surface area (Å²) in [4.78, 5) is 4.28. The van der Waals surface area contributed by atoms with Crippen LogP contribution in [0.4, 0.5) is 5.13 Å². The zero-order valence-electron chi connectivity index (χ0n) is 10.2. The third-order valence-electron chi connectivity index (χ3n) is 2.21. The maximum absolute atomic E-state index is 4.28. The van der Waals surface area contributed by atoms with E-state index in [9.17, 15) is 0 Å². The number of anilines is 1. The molecule has 0 bridgehead atoms. The first-order valence-corrected chi connectivity index (χ1v) is 7.33. The molecule has 0 radical (unpaired) electrons. The van der Waals surface area contributed by atoms with Gasteiger partial charge >= 0.3 is 0 Å². The minimum absolute atomic E-state index is 0.190. The number of hydrogen-bond donors (Lipinski definition) is 1. The van der Waals surface area contributed by atoms with Gasteiger partial charge in [0.25, 0.3) is 0 Å². The maximum Gasteiger partial charge on any atom is 0.206 e. The molecule has 2 heterocycles. The highest BCUT2D eigenvalue weighted by atomic mass is 32.1. The Bertz CT molecular complexity index is 450. The second kappa shape index (κ2) is 5.55. The molecule has 1 N–H and O–H groups in total. The van der Waals surface area contributed by atoms with Gasteiger partial charge in [-0.25, -0.2) is 4.98 Å². The van der Waals surface area contributed by atoms with E-state index in [-0.39, 0.29) is 6.04 Å². The largest absolute Gasteiger partial charge is 0.351 e. The molecule has 0 amide bonds. The van der Waals surface area contributed by atoms with Gasteiger partial charge in [-0.1, -0.05) is 25.2 Å². The van der Waals surface area contributed by atoms with Crippen LogP contribution < -0.4 is 5.32 Å². The van der Waals surface area contributed by atoms with Crippen LogP contribution in [0.25, 0.3) is 0 Å². The van der Waals surface area contributed by atoms with Gasteiger partial charge < -0.3 is 5.32 Å². The number of nitrogens with zero attached hydrogens (tertiary/aromatic N) is 3. The Morgan fingerprint density at radius 1 is 1.29 bits per heavy atom. The van der Waals surface area contributed by atoms with Crippen LogP contribution in [0.15, 0.2) is 11.6 Å². The summed E-state index contributed by atoms with van der Waals surface area (Å²) in [5.41, 5.74) is 0. The van der Waals surface area contributed by atoms with Crippen molar-refractivity contribution in [3.63, 3.8) is 0 Å². The smallest absolute Gasteiger partial charge is 0.206 e. The lowest BCUT2D eigenvalue weighted by Crippen LogP contribution is -2.05.